The number of nitrogens with one attached hydrogen (secondary N) is 1. The van der Waals surface area contributed by atoms with Crippen LogP contribution in [-0.2, 0) is 5.54 Å². The summed E-state index contributed by atoms with van der Waals surface area (Å²) in [5.74, 6) is -2.17. The van der Waals surface area contributed by atoms with Gasteiger partial charge in [0.25, 0.3) is 5.91 Å². The van der Waals surface area contributed by atoms with Gasteiger partial charge in [0, 0.05) is 17.6 Å². The van der Waals surface area contributed by atoms with E-state index in [-0.39, 0.29) is 11.5 Å². The van der Waals surface area contributed by atoms with Gasteiger partial charge in [0.1, 0.15) is 5.01 Å². The van der Waals surface area contributed by atoms with E-state index >= 15 is 0 Å². The molecule has 2 aromatic heterocycles. The third-order valence-corrected chi connectivity index (χ3v) is 3.44. The summed E-state index contributed by atoms with van der Waals surface area (Å²) in [7, 11) is 0. The van der Waals surface area contributed by atoms with Crippen LogP contribution in [-0.4, -0.2) is 27.1 Å². The maximum atomic E-state index is 11.9. The van der Waals surface area contributed by atoms with E-state index in [1.165, 1.54) is 11.3 Å². The van der Waals surface area contributed by atoms with E-state index in [0.29, 0.717) is 0 Å². The lowest BCUT2D eigenvalue weighted by Crippen LogP contribution is -2.41. The molecule has 0 atom stereocenters. The van der Waals surface area contributed by atoms with Crippen LogP contribution in [0, 0.1) is 0 Å². The lowest BCUT2D eigenvalue weighted by Gasteiger charge is -2.22. The van der Waals surface area contributed by atoms with Crippen molar-refractivity contribution < 1.29 is 19.2 Å². The molecule has 7 nitrogen and oxygen atoms in total. The highest BCUT2D eigenvalue weighted by atomic mass is 32.1. The molecule has 0 fully saturated rings. The van der Waals surface area contributed by atoms with Crippen molar-refractivity contribution in [2.75, 3.05) is 0 Å². The molecule has 0 saturated heterocycles. The van der Waals surface area contributed by atoms with Gasteiger partial charge in [-0.15, -0.1) is 11.3 Å². The smallest absolute Gasteiger partial charge is 0.374 e. The van der Waals surface area contributed by atoms with Crippen molar-refractivity contribution in [3.05, 3.63) is 34.1 Å². The second-order valence-corrected chi connectivity index (χ2v) is 5.19. The summed E-state index contributed by atoms with van der Waals surface area (Å²) in [5, 5.41) is 17.4. The third kappa shape index (κ3) is 2.79. The number of rotatable bonds is 4. The fourth-order valence-electron chi connectivity index (χ4n) is 1.42. The monoisotopic (exact) mass is 281 g/mol. The van der Waals surface area contributed by atoms with Gasteiger partial charge in [-0.25, -0.2) is 9.78 Å². The number of carboxylic acid groups (broad SMARTS) is 1. The van der Waals surface area contributed by atoms with E-state index in [2.05, 4.69) is 20.0 Å². The van der Waals surface area contributed by atoms with Crippen LogP contribution in [0.4, 0.5) is 0 Å². The maximum Gasteiger partial charge on any atom is 0.374 e. The van der Waals surface area contributed by atoms with Gasteiger partial charge in [0.15, 0.2) is 5.69 Å². The first-order chi connectivity index (χ1) is 8.90. The highest BCUT2D eigenvalue weighted by molar-refractivity contribution is 7.09. The molecule has 0 aliphatic carbocycles. The molecule has 1 amide bonds. The van der Waals surface area contributed by atoms with Crippen LogP contribution in [0.3, 0.4) is 0 Å². The first-order valence-corrected chi connectivity index (χ1v) is 6.20. The Balaban J connectivity index is 2.14. The van der Waals surface area contributed by atoms with Gasteiger partial charge in [-0.3, -0.25) is 4.79 Å². The van der Waals surface area contributed by atoms with Gasteiger partial charge in [-0.2, -0.15) is 0 Å². The van der Waals surface area contributed by atoms with Crippen LogP contribution < -0.4 is 5.32 Å². The van der Waals surface area contributed by atoms with Gasteiger partial charge in [-0.05, 0) is 13.8 Å². The minimum absolute atomic E-state index is 0.0815. The lowest BCUT2D eigenvalue weighted by molar-refractivity contribution is 0.0650. The number of aromatic nitrogens is 2. The van der Waals surface area contributed by atoms with Crippen LogP contribution in [0.1, 0.15) is 39.9 Å². The summed E-state index contributed by atoms with van der Waals surface area (Å²) < 4.78 is 4.53. The van der Waals surface area contributed by atoms with Gasteiger partial charge in [0.05, 0.1) is 5.54 Å². The zero-order valence-corrected chi connectivity index (χ0v) is 11.0. The molecule has 0 saturated carbocycles. The number of hydrogen-bond donors (Lipinski definition) is 2. The molecule has 0 unspecified atom stereocenters. The highest BCUT2D eigenvalue weighted by Crippen LogP contribution is 2.22. The van der Waals surface area contributed by atoms with Gasteiger partial charge in [0.2, 0.25) is 5.76 Å². The molecule has 2 N–H and O–H groups in total. The molecule has 0 aliphatic heterocycles. The molecule has 0 bridgehead atoms. The fraction of sp³-hybridized carbons (Fsp3) is 0.273. The molecule has 2 rings (SSSR count). The van der Waals surface area contributed by atoms with Gasteiger partial charge in [-0.1, -0.05) is 5.16 Å². The van der Waals surface area contributed by atoms with E-state index in [9.17, 15) is 9.59 Å². The summed E-state index contributed by atoms with van der Waals surface area (Å²) in [4.78, 5) is 26.7. The molecule has 0 radical (unpaired) electrons. The molecule has 19 heavy (non-hydrogen) atoms. The molecule has 100 valence electrons. The average molecular weight is 281 g/mol. The molecule has 8 heteroatoms. The number of thiazole rings is 1. The Kier molecular flexibility index (Phi) is 3.34. The standard InChI is InChI=1S/C11H11N3O4S/c1-11(2,10-12-3-4-19-10)13-8(15)6-5-7(9(16)17)18-14-6/h3-5H,1-2H3,(H,13,15)(H,16,17). The second kappa shape index (κ2) is 4.81. The molecular formula is C11H11N3O4S. The van der Waals surface area contributed by atoms with E-state index in [1.54, 1.807) is 20.0 Å². The summed E-state index contributed by atoms with van der Waals surface area (Å²) in [6, 6.07) is 1.08. The Morgan fingerprint density at radius 2 is 2.21 bits per heavy atom. The van der Waals surface area contributed by atoms with Crippen LogP contribution in [0.2, 0.25) is 0 Å². The maximum absolute atomic E-state index is 11.9. The van der Waals surface area contributed by atoms with Crippen molar-refractivity contribution in [3.8, 4) is 0 Å². The molecule has 0 spiro atoms. The fourth-order valence-corrected chi connectivity index (χ4v) is 2.13. The first kappa shape index (κ1) is 13.2. The van der Waals surface area contributed by atoms with Crippen LogP contribution >= 0.6 is 11.3 Å². The molecule has 2 aromatic rings. The Bertz CT molecular complexity index is 603. The largest absolute Gasteiger partial charge is 0.475 e. The number of carbonyl (C=O) groups is 2. The third-order valence-electron chi connectivity index (χ3n) is 2.35. The quantitative estimate of drug-likeness (QED) is 0.879. The zero-order chi connectivity index (χ0) is 14.0. The molecule has 0 aromatic carbocycles. The number of carboxylic acids is 1. The van der Waals surface area contributed by atoms with Gasteiger partial charge < -0.3 is 14.9 Å². The SMILES string of the molecule is CC(C)(NC(=O)c1cc(C(=O)O)on1)c1nccs1. The Labute approximate surface area is 112 Å². The summed E-state index contributed by atoms with van der Waals surface area (Å²) in [5.41, 5.74) is -0.754. The molecule has 0 aliphatic rings. The van der Waals surface area contributed by atoms with Crippen LogP contribution in [0.5, 0.6) is 0 Å². The number of aromatic carboxylic acids is 1. The second-order valence-electron chi connectivity index (χ2n) is 4.30. The normalized spacial score (nSPS) is 11.3. The van der Waals surface area contributed by atoms with Crippen molar-refractivity contribution in [2.45, 2.75) is 19.4 Å². The predicted octanol–water partition coefficient (Wildman–Crippen LogP) is 1.49. The summed E-state index contributed by atoms with van der Waals surface area (Å²) in [6.07, 6.45) is 1.65. The first-order valence-electron chi connectivity index (χ1n) is 5.32. The predicted molar refractivity (Wildman–Crippen MR) is 66.1 cm³/mol. The lowest BCUT2D eigenvalue weighted by atomic mass is 10.1. The van der Waals surface area contributed by atoms with Crippen LogP contribution in [0.15, 0.2) is 22.2 Å². The number of nitrogens with zero attached hydrogens (tertiary/aromatic N) is 2. The Hall–Kier alpha value is -2.22. The molecule has 2 heterocycles. The number of hydrogen-bond acceptors (Lipinski definition) is 6. The van der Waals surface area contributed by atoms with Crippen molar-refractivity contribution in [1.82, 2.24) is 15.5 Å². The summed E-state index contributed by atoms with van der Waals surface area (Å²) >= 11 is 1.41. The minimum Gasteiger partial charge on any atom is -0.475 e. The van der Waals surface area contributed by atoms with Crippen molar-refractivity contribution in [3.63, 3.8) is 0 Å². The average Bonchev–Trinajstić information content (AvgIpc) is 3.00. The van der Waals surface area contributed by atoms with E-state index < -0.39 is 17.4 Å². The van der Waals surface area contributed by atoms with Crippen LogP contribution in [0.25, 0.3) is 0 Å². The Morgan fingerprint density at radius 1 is 1.47 bits per heavy atom. The van der Waals surface area contributed by atoms with Crippen molar-refractivity contribution in [2.24, 2.45) is 0 Å². The topological polar surface area (TPSA) is 105 Å². The van der Waals surface area contributed by atoms with Gasteiger partial charge >= 0.3 is 5.97 Å². The van der Waals surface area contributed by atoms with E-state index in [4.69, 9.17) is 5.11 Å². The highest BCUT2D eigenvalue weighted by Gasteiger charge is 2.27. The Morgan fingerprint density at radius 3 is 2.74 bits per heavy atom. The summed E-state index contributed by atoms with van der Waals surface area (Å²) in [6.45, 7) is 3.59. The van der Waals surface area contributed by atoms with Crippen molar-refractivity contribution >= 4 is 23.2 Å². The minimum atomic E-state index is -1.27. The van der Waals surface area contributed by atoms with E-state index in [1.807, 2.05) is 5.38 Å². The number of carbonyl (C=O) groups excluding carboxylic acids is 1. The zero-order valence-electron chi connectivity index (χ0n) is 10.2. The number of amides is 1. The van der Waals surface area contributed by atoms with Crippen molar-refractivity contribution in [1.29, 1.82) is 0 Å². The van der Waals surface area contributed by atoms with E-state index in [0.717, 1.165) is 11.1 Å². The molecular weight excluding hydrogens is 270 g/mol.